The average molecular weight is 364 g/mol. The summed E-state index contributed by atoms with van der Waals surface area (Å²) in [7, 11) is 1.42. The highest BCUT2D eigenvalue weighted by Crippen LogP contribution is 2.23. The smallest absolute Gasteiger partial charge is 0.305 e. The number of hydrogen-bond acceptors (Lipinski definition) is 4. The van der Waals surface area contributed by atoms with Crippen LogP contribution in [0, 0.1) is 6.92 Å². The van der Waals surface area contributed by atoms with Crippen molar-refractivity contribution in [1.82, 2.24) is 9.88 Å². The topological polar surface area (TPSA) is 42.4 Å². The lowest BCUT2D eigenvalue weighted by atomic mass is 10.00. The van der Waals surface area contributed by atoms with Crippen molar-refractivity contribution in [3.8, 4) is 0 Å². The lowest BCUT2D eigenvalue weighted by Crippen LogP contribution is -2.19. The van der Waals surface area contributed by atoms with Crippen LogP contribution in [0.2, 0.25) is 0 Å². The number of ether oxygens (including phenoxy) is 1. The van der Waals surface area contributed by atoms with Gasteiger partial charge >= 0.3 is 5.97 Å². The van der Waals surface area contributed by atoms with E-state index in [1.165, 1.54) is 44.2 Å². The summed E-state index contributed by atoms with van der Waals surface area (Å²) in [5, 5.41) is 0. The van der Waals surface area contributed by atoms with Crippen molar-refractivity contribution in [3.63, 3.8) is 0 Å². The quantitative estimate of drug-likeness (QED) is 0.696. The lowest BCUT2D eigenvalue weighted by molar-refractivity contribution is -0.140. The highest BCUT2D eigenvalue weighted by Gasteiger charge is 2.13. The number of benzene rings is 1. The highest BCUT2D eigenvalue weighted by molar-refractivity contribution is 5.78. The highest BCUT2D eigenvalue weighted by atomic mass is 16.5. The van der Waals surface area contributed by atoms with Crippen LogP contribution in [0.15, 0.2) is 48.5 Å². The lowest BCUT2D eigenvalue weighted by Gasteiger charge is -2.15. The monoisotopic (exact) mass is 364 g/mol. The molecule has 0 aliphatic carbocycles. The molecule has 1 saturated heterocycles. The second-order valence-corrected chi connectivity index (χ2v) is 7.08. The van der Waals surface area contributed by atoms with Gasteiger partial charge in [0.15, 0.2) is 0 Å². The molecule has 4 heteroatoms. The van der Waals surface area contributed by atoms with E-state index in [4.69, 9.17) is 9.72 Å². The Morgan fingerprint density at radius 1 is 1.15 bits per heavy atom. The van der Waals surface area contributed by atoms with Crippen LogP contribution in [0.5, 0.6) is 0 Å². The zero-order chi connectivity index (χ0) is 19.1. The fourth-order valence-corrected chi connectivity index (χ4v) is 3.39. The summed E-state index contributed by atoms with van der Waals surface area (Å²) in [5.41, 5.74) is 5.45. The summed E-state index contributed by atoms with van der Waals surface area (Å²) in [6.07, 6.45) is 5.81. The molecule has 2 aromatic rings. The summed E-state index contributed by atoms with van der Waals surface area (Å²) in [5.74, 6) is -0.203. The summed E-state index contributed by atoms with van der Waals surface area (Å²) in [6, 6.07) is 14.6. The first-order chi connectivity index (χ1) is 13.2. The molecule has 0 radical (unpaired) electrons. The molecule has 2 heterocycles. The van der Waals surface area contributed by atoms with E-state index >= 15 is 0 Å². The minimum atomic E-state index is -0.203. The fraction of sp³-hybridized carbons (Fsp3) is 0.391. The van der Waals surface area contributed by atoms with Crippen molar-refractivity contribution in [3.05, 3.63) is 71.1 Å². The van der Waals surface area contributed by atoms with Crippen molar-refractivity contribution < 1.29 is 9.53 Å². The number of aryl methyl sites for hydroxylation is 2. The molecule has 27 heavy (non-hydrogen) atoms. The van der Waals surface area contributed by atoms with Crippen molar-refractivity contribution in [2.24, 2.45) is 0 Å². The van der Waals surface area contributed by atoms with Gasteiger partial charge in [0.05, 0.1) is 19.2 Å². The summed E-state index contributed by atoms with van der Waals surface area (Å²) < 4.78 is 4.74. The van der Waals surface area contributed by atoms with Crippen molar-refractivity contribution in [2.45, 2.75) is 32.6 Å². The van der Waals surface area contributed by atoms with Gasteiger partial charge in [-0.25, -0.2) is 0 Å². The largest absolute Gasteiger partial charge is 0.469 e. The van der Waals surface area contributed by atoms with Gasteiger partial charge in [-0.15, -0.1) is 0 Å². The molecule has 4 nitrogen and oxygen atoms in total. The first-order valence-electron chi connectivity index (χ1n) is 9.68. The van der Waals surface area contributed by atoms with E-state index in [-0.39, 0.29) is 5.97 Å². The number of likely N-dealkylation sites (tertiary alicyclic amines) is 1. The molecule has 0 spiro atoms. The Kier molecular flexibility index (Phi) is 6.77. The Balaban J connectivity index is 1.86. The molecule has 0 N–H and O–H groups in total. The number of rotatable bonds is 7. The second kappa shape index (κ2) is 9.47. The molecular weight excluding hydrogens is 336 g/mol. The maximum atomic E-state index is 11.4. The molecule has 1 aromatic carbocycles. The van der Waals surface area contributed by atoms with Crippen molar-refractivity contribution in [1.29, 1.82) is 0 Å². The van der Waals surface area contributed by atoms with E-state index in [1.807, 2.05) is 12.1 Å². The predicted molar refractivity (Wildman–Crippen MR) is 109 cm³/mol. The Labute approximate surface area is 161 Å². The number of hydrogen-bond donors (Lipinski definition) is 0. The molecule has 0 atom stereocenters. The molecule has 3 rings (SSSR count). The van der Waals surface area contributed by atoms with E-state index < -0.39 is 0 Å². The maximum Gasteiger partial charge on any atom is 0.305 e. The van der Waals surface area contributed by atoms with Crippen LogP contribution < -0.4 is 0 Å². The third-order valence-electron chi connectivity index (χ3n) is 5.01. The van der Waals surface area contributed by atoms with Crippen LogP contribution in [0.3, 0.4) is 0 Å². The van der Waals surface area contributed by atoms with Gasteiger partial charge in [0.1, 0.15) is 0 Å². The number of pyridine rings is 1. The molecule has 142 valence electrons. The van der Waals surface area contributed by atoms with Gasteiger partial charge in [-0.1, -0.05) is 42.0 Å². The number of carbonyl (C=O) groups is 1. The van der Waals surface area contributed by atoms with E-state index in [0.29, 0.717) is 12.8 Å². The van der Waals surface area contributed by atoms with Crippen LogP contribution in [-0.2, 0) is 16.0 Å². The SMILES string of the molecule is COC(=O)CCc1cccc(/C(=C/CN2CCCC2)c2ccc(C)cc2)n1. The number of aromatic nitrogens is 1. The average Bonchev–Trinajstić information content (AvgIpc) is 3.21. The molecule has 0 unspecified atom stereocenters. The molecule has 1 fully saturated rings. The van der Waals surface area contributed by atoms with Crippen LogP contribution in [-0.4, -0.2) is 42.6 Å². The van der Waals surface area contributed by atoms with Crippen LogP contribution in [0.25, 0.3) is 5.57 Å². The van der Waals surface area contributed by atoms with E-state index in [9.17, 15) is 4.79 Å². The van der Waals surface area contributed by atoms with Gasteiger partial charge in [0.2, 0.25) is 0 Å². The Bertz CT molecular complexity index is 790. The molecule has 0 saturated carbocycles. The van der Waals surface area contributed by atoms with Gasteiger partial charge in [0.25, 0.3) is 0 Å². The third-order valence-corrected chi connectivity index (χ3v) is 5.01. The minimum Gasteiger partial charge on any atom is -0.469 e. The van der Waals surface area contributed by atoms with Crippen LogP contribution in [0.4, 0.5) is 0 Å². The van der Waals surface area contributed by atoms with Gasteiger partial charge in [-0.05, 0) is 50.6 Å². The summed E-state index contributed by atoms with van der Waals surface area (Å²) >= 11 is 0. The molecule has 1 aromatic heterocycles. The number of carbonyl (C=O) groups excluding carboxylic acids is 1. The Hall–Kier alpha value is -2.46. The molecular formula is C23H28N2O2. The predicted octanol–water partition coefficient (Wildman–Crippen LogP) is 4.02. The molecule has 0 amide bonds. The van der Waals surface area contributed by atoms with Gasteiger partial charge in [-0.3, -0.25) is 14.7 Å². The normalized spacial score (nSPS) is 15.1. The minimum absolute atomic E-state index is 0.203. The zero-order valence-corrected chi connectivity index (χ0v) is 16.3. The number of methoxy groups -OCH3 is 1. The Morgan fingerprint density at radius 2 is 1.89 bits per heavy atom. The van der Waals surface area contributed by atoms with Crippen LogP contribution in [0.1, 0.15) is 41.8 Å². The first-order valence-corrected chi connectivity index (χ1v) is 9.68. The zero-order valence-electron chi connectivity index (χ0n) is 16.3. The van der Waals surface area contributed by atoms with Gasteiger partial charge < -0.3 is 4.74 Å². The van der Waals surface area contributed by atoms with E-state index in [2.05, 4.69) is 48.2 Å². The standard InChI is InChI=1S/C23H28N2O2/c1-18-8-10-19(11-9-18)21(14-17-25-15-3-4-16-25)22-7-5-6-20(24-22)12-13-23(26)27-2/h5-11,14H,3-4,12-13,15-17H2,1-2H3/b21-14+. The van der Waals surface area contributed by atoms with Crippen molar-refractivity contribution >= 4 is 11.5 Å². The number of esters is 1. The second-order valence-electron chi connectivity index (χ2n) is 7.08. The summed E-state index contributed by atoms with van der Waals surface area (Å²) in [4.78, 5) is 18.8. The van der Waals surface area contributed by atoms with E-state index in [1.54, 1.807) is 0 Å². The van der Waals surface area contributed by atoms with Crippen LogP contribution >= 0.6 is 0 Å². The van der Waals surface area contributed by atoms with Gasteiger partial charge in [0, 0.05) is 24.2 Å². The number of nitrogens with zero attached hydrogens (tertiary/aromatic N) is 2. The maximum absolute atomic E-state index is 11.4. The van der Waals surface area contributed by atoms with Gasteiger partial charge in [-0.2, -0.15) is 0 Å². The summed E-state index contributed by atoms with van der Waals surface area (Å²) in [6.45, 7) is 5.38. The van der Waals surface area contributed by atoms with E-state index in [0.717, 1.165) is 23.5 Å². The fourth-order valence-electron chi connectivity index (χ4n) is 3.39. The van der Waals surface area contributed by atoms with Crippen molar-refractivity contribution in [2.75, 3.05) is 26.7 Å². The Morgan fingerprint density at radius 3 is 2.59 bits per heavy atom. The first kappa shape index (κ1) is 19.3. The molecule has 0 bridgehead atoms. The molecule has 1 aliphatic rings. The third kappa shape index (κ3) is 5.51. The molecule has 1 aliphatic heterocycles.